The molecule has 9 amide bonds. The van der Waals surface area contributed by atoms with Crippen LogP contribution in [0, 0.1) is 0 Å². The van der Waals surface area contributed by atoms with Gasteiger partial charge in [-0.25, -0.2) is 4.79 Å². The van der Waals surface area contributed by atoms with Crippen LogP contribution in [0.5, 0.6) is 0 Å². The predicted molar refractivity (Wildman–Crippen MR) is 284 cm³/mol. The number of unbranched alkanes of at least 4 members (excludes halogenated alkanes) is 2. The van der Waals surface area contributed by atoms with E-state index in [9.17, 15) is 68.4 Å². The topological polar surface area (TPSA) is 581 Å². The molecule has 0 heterocycles. The van der Waals surface area contributed by atoms with E-state index in [0.29, 0.717) is 25.7 Å². The Morgan fingerprint density at radius 2 is 0.844 bits per heavy atom. The molecule has 0 aliphatic rings. The fourth-order valence-corrected chi connectivity index (χ4v) is 7.45. The molecule has 11 atom stereocenters. The van der Waals surface area contributed by atoms with E-state index < -0.39 is 139 Å². The van der Waals surface area contributed by atoms with Crippen LogP contribution >= 0.6 is 11.8 Å². The number of thioether (sulfide) groups is 1. The monoisotopic (exact) mass is 1120 g/mol. The van der Waals surface area contributed by atoms with Gasteiger partial charge in [-0.3, -0.25) is 53.1 Å². The molecule has 0 fully saturated rings. The van der Waals surface area contributed by atoms with Crippen LogP contribution in [-0.4, -0.2) is 203 Å². The van der Waals surface area contributed by atoms with Crippen LogP contribution in [0.2, 0.25) is 0 Å². The first-order chi connectivity index (χ1) is 36.2. The number of guanidine groups is 2. The highest BCUT2D eigenvalue weighted by molar-refractivity contribution is 7.98. The Kier molecular flexibility index (Phi) is 35.5. The van der Waals surface area contributed by atoms with E-state index >= 15 is 0 Å². The second-order valence-electron chi connectivity index (χ2n) is 17.9. The van der Waals surface area contributed by atoms with Gasteiger partial charge < -0.3 is 109 Å². The molecular formula is C44H84N18O14S. The first kappa shape index (κ1) is 70.3. The SMILES string of the molecule is CSCCC(NC(=O)C(NC(=O)C(CO)NC(=O)C(CC(N)=O)NC(=O)C(CCCCN)NC(=O)C(NC(=O)C(CCCCN)NC(=O)C(N)CCCN=C(N)N)C(C)O)C(C)O)C(=O)NC(CCCN=C(N)N)C(=O)O. The normalized spacial score (nSPS) is 15.3. The molecule has 28 N–H and O–H groups in total. The van der Waals surface area contributed by atoms with Gasteiger partial charge in [0.1, 0.15) is 48.3 Å². The third-order valence-corrected chi connectivity index (χ3v) is 11.9. The van der Waals surface area contributed by atoms with Crippen molar-refractivity contribution >= 4 is 82.8 Å². The Morgan fingerprint density at radius 3 is 1.25 bits per heavy atom. The van der Waals surface area contributed by atoms with E-state index in [2.05, 4.69) is 52.5 Å². The smallest absolute Gasteiger partial charge is 0.326 e. The van der Waals surface area contributed by atoms with Gasteiger partial charge in [0.05, 0.1) is 31.3 Å². The van der Waals surface area contributed by atoms with Crippen molar-refractivity contribution in [1.29, 1.82) is 0 Å². The van der Waals surface area contributed by atoms with Gasteiger partial charge in [-0.05, 0) is 110 Å². The van der Waals surface area contributed by atoms with Gasteiger partial charge >= 0.3 is 5.97 Å². The van der Waals surface area contributed by atoms with Gasteiger partial charge in [-0.1, -0.05) is 0 Å². The number of carbonyl (C=O) groups is 10. The zero-order chi connectivity index (χ0) is 58.8. The molecule has 0 aliphatic heterocycles. The zero-order valence-corrected chi connectivity index (χ0v) is 44.7. The van der Waals surface area contributed by atoms with Crippen LogP contribution in [0.4, 0.5) is 0 Å². The molecule has 0 radical (unpaired) electrons. The fourth-order valence-electron chi connectivity index (χ4n) is 6.98. The molecule has 0 aromatic carbocycles. The summed E-state index contributed by atoms with van der Waals surface area (Å²) in [5.41, 5.74) is 44.0. The molecule has 32 nitrogen and oxygen atoms in total. The van der Waals surface area contributed by atoms with Gasteiger partial charge in [-0.2, -0.15) is 11.8 Å². The number of nitrogens with two attached hydrogens (primary N) is 8. The molecule has 0 aliphatic carbocycles. The van der Waals surface area contributed by atoms with Crippen LogP contribution in [0.3, 0.4) is 0 Å². The minimum Gasteiger partial charge on any atom is -0.480 e. The molecular weight excluding hydrogens is 1040 g/mol. The number of nitrogens with zero attached hydrogens (tertiary/aromatic N) is 2. The quantitative estimate of drug-likeness (QED) is 0.0154. The van der Waals surface area contributed by atoms with Crippen molar-refractivity contribution < 1.29 is 68.4 Å². The maximum Gasteiger partial charge on any atom is 0.326 e. The summed E-state index contributed by atoms with van der Waals surface area (Å²) in [4.78, 5) is 140. The Balaban J connectivity index is 6.40. The van der Waals surface area contributed by atoms with Crippen molar-refractivity contribution in [1.82, 2.24) is 42.5 Å². The van der Waals surface area contributed by atoms with Crippen molar-refractivity contribution in [2.45, 2.75) is 157 Å². The molecule has 440 valence electrons. The Bertz CT molecular complexity index is 1980. The number of carboxylic acid groups (broad SMARTS) is 1. The molecule has 0 spiro atoms. The van der Waals surface area contributed by atoms with E-state index in [1.54, 1.807) is 6.26 Å². The van der Waals surface area contributed by atoms with E-state index in [-0.39, 0.29) is 88.8 Å². The summed E-state index contributed by atoms with van der Waals surface area (Å²) in [7, 11) is 0. The summed E-state index contributed by atoms with van der Waals surface area (Å²) in [5, 5.41) is 59.9. The van der Waals surface area contributed by atoms with Crippen molar-refractivity contribution in [3.63, 3.8) is 0 Å². The first-order valence-electron chi connectivity index (χ1n) is 24.9. The molecule has 33 heteroatoms. The number of rotatable bonds is 41. The van der Waals surface area contributed by atoms with Crippen LogP contribution < -0.4 is 88.4 Å². The number of aliphatic hydroxyl groups excluding tert-OH is 3. The highest BCUT2D eigenvalue weighted by Gasteiger charge is 2.37. The standard InChI is InChI=1S/C44H84N18O14S/c1-22(64)32(61-37(70)26(12-5-7-16-46)55-34(67)24(47)10-8-17-53-43(49)50)40(73)56-25(11-4-6-15-45)35(68)59-29(20-31(48)66)38(71)60-30(21-63)39(72)62-33(23(2)65)41(74)57-27(14-19-77-3)36(69)58-28(42(75)76)13-9-18-54-44(51)52/h22-30,32-33,63-65H,4-21,45-47H2,1-3H3,(H2,48,66)(H,55,67)(H,56,73)(H,57,74)(H,58,69)(H,59,68)(H,60,71)(H,61,70)(H,62,72)(H,75,76)(H4,49,50,53)(H4,51,52,54). The van der Waals surface area contributed by atoms with E-state index in [1.807, 2.05) is 0 Å². The third-order valence-electron chi connectivity index (χ3n) is 11.2. The number of carbonyl (C=O) groups excluding carboxylic acids is 9. The van der Waals surface area contributed by atoms with Gasteiger partial charge in [0.2, 0.25) is 53.2 Å². The molecule has 0 aromatic heterocycles. The number of hydrogen-bond acceptors (Lipinski definition) is 19. The van der Waals surface area contributed by atoms with Gasteiger partial charge in [-0.15, -0.1) is 0 Å². The lowest BCUT2D eigenvalue weighted by molar-refractivity contribution is -0.142. The number of hydrogen-bond donors (Lipinski definition) is 20. The number of aliphatic carboxylic acids is 1. The average Bonchev–Trinajstić information content (AvgIpc) is 3.35. The van der Waals surface area contributed by atoms with E-state index in [0.717, 1.165) is 6.92 Å². The van der Waals surface area contributed by atoms with Crippen molar-refractivity contribution in [3.8, 4) is 0 Å². The number of primary amides is 1. The Hall–Kier alpha value is -6.65. The molecule has 0 rings (SSSR count). The fraction of sp³-hybridized carbons (Fsp3) is 0.727. The molecule has 0 bridgehead atoms. The van der Waals surface area contributed by atoms with E-state index in [4.69, 9.17) is 45.9 Å². The largest absolute Gasteiger partial charge is 0.480 e. The highest BCUT2D eigenvalue weighted by atomic mass is 32.2. The molecule has 0 aromatic rings. The van der Waals surface area contributed by atoms with Crippen LogP contribution in [0.25, 0.3) is 0 Å². The lowest BCUT2D eigenvalue weighted by Crippen LogP contribution is -2.63. The van der Waals surface area contributed by atoms with Crippen LogP contribution in [0.1, 0.15) is 90.9 Å². The third kappa shape index (κ3) is 29.5. The average molecular weight is 1120 g/mol. The number of nitrogens with one attached hydrogen (secondary N) is 8. The summed E-state index contributed by atoms with van der Waals surface area (Å²) in [6, 6.07) is -14.1. The van der Waals surface area contributed by atoms with Crippen LogP contribution in [0.15, 0.2) is 9.98 Å². The lowest BCUT2D eigenvalue weighted by atomic mass is 10.0. The minimum atomic E-state index is -1.93. The molecule has 77 heavy (non-hydrogen) atoms. The minimum absolute atomic E-state index is 0.0317. The summed E-state index contributed by atoms with van der Waals surface area (Å²) < 4.78 is 0. The summed E-state index contributed by atoms with van der Waals surface area (Å²) in [5.74, 6) is -11.0. The van der Waals surface area contributed by atoms with Gasteiger partial charge in [0.15, 0.2) is 11.9 Å². The number of carboxylic acids is 1. The van der Waals surface area contributed by atoms with Crippen molar-refractivity contribution in [2.24, 2.45) is 55.9 Å². The second-order valence-corrected chi connectivity index (χ2v) is 18.9. The molecule has 11 unspecified atom stereocenters. The first-order valence-corrected chi connectivity index (χ1v) is 26.3. The molecule has 0 saturated carbocycles. The van der Waals surface area contributed by atoms with Crippen LogP contribution in [-0.2, 0) is 47.9 Å². The zero-order valence-electron chi connectivity index (χ0n) is 43.9. The summed E-state index contributed by atoms with van der Waals surface area (Å²) in [6.45, 7) is 1.80. The number of aliphatic imine (C=N–C) groups is 2. The summed E-state index contributed by atoms with van der Waals surface area (Å²) in [6.07, 6.45) is -0.695. The highest BCUT2D eigenvalue weighted by Crippen LogP contribution is 2.10. The van der Waals surface area contributed by atoms with Crippen molar-refractivity contribution in [2.75, 3.05) is 44.8 Å². The number of aliphatic hydroxyl groups is 3. The maximum absolute atomic E-state index is 13.9. The van der Waals surface area contributed by atoms with Crippen molar-refractivity contribution in [3.05, 3.63) is 0 Å². The van der Waals surface area contributed by atoms with Gasteiger partial charge in [0.25, 0.3) is 0 Å². The maximum atomic E-state index is 13.9. The predicted octanol–water partition coefficient (Wildman–Crippen LogP) is -8.98. The summed E-state index contributed by atoms with van der Waals surface area (Å²) >= 11 is 1.29. The Morgan fingerprint density at radius 1 is 0.481 bits per heavy atom. The molecule has 0 saturated heterocycles. The van der Waals surface area contributed by atoms with E-state index in [1.165, 1.54) is 18.7 Å². The van der Waals surface area contributed by atoms with Gasteiger partial charge in [0, 0.05) is 13.1 Å². The lowest BCUT2D eigenvalue weighted by Gasteiger charge is -2.28. The second kappa shape index (κ2) is 38.8. The number of amides is 9. The Labute approximate surface area is 450 Å².